The normalized spacial score (nSPS) is 17.8. The van der Waals surface area contributed by atoms with Gasteiger partial charge >= 0.3 is 0 Å². The van der Waals surface area contributed by atoms with E-state index in [1.165, 1.54) is 5.56 Å². The monoisotopic (exact) mass is 506 g/mol. The number of anilines is 1. The van der Waals surface area contributed by atoms with E-state index in [0.717, 1.165) is 34.0 Å². The van der Waals surface area contributed by atoms with Crippen LogP contribution in [-0.4, -0.2) is 14.7 Å². The van der Waals surface area contributed by atoms with E-state index in [9.17, 15) is 0 Å². The van der Waals surface area contributed by atoms with Crippen molar-refractivity contribution in [3.8, 4) is 5.69 Å². The Morgan fingerprint density at radius 2 is 1.74 bits per heavy atom. The third-order valence-electron chi connectivity index (χ3n) is 6.34. The average Bonchev–Trinajstić information content (AvgIpc) is 3.32. The molecule has 1 N–H and O–H groups in total. The molecule has 0 unspecified atom stereocenters. The summed E-state index contributed by atoms with van der Waals surface area (Å²) >= 11 is 18.9. The average molecular weight is 507 g/mol. The van der Waals surface area contributed by atoms with Crippen LogP contribution >= 0.6 is 35.4 Å². The molecule has 0 amide bonds. The Morgan fingerprint density at radius 1 is 0.941 bits per heavy atom. The molecule has 34 heavy (non-hydrogen) atoms. The number of hydrogen-bond acceptors (Lipinski definition) is 2. The fraction of sp³-hybridized carbons (Fsp3) is 0.185. The number of thiocarbonyl (C=S) groups is 1. The fourth-order valence-electron chi connectivity index (χ4n) is 4.85. The van der Waals surface area contributed by atoms with Gasteiger partial charge < -0.3 is 14.8 Å². The van der Waals surface area contributed by atoms with Crippen molar-refractivity contribution in [2.75, 3.05) is 4.90 Å². The molecule has 2 atom stereocenters. The number of halogens is 2. The molecule has 0 spiro atoms. The van der Waals surface area contributed by atoms with Gasteiger partial charge in [-0.1, -0.05) is 47.5 Å². The first-order chi connectivity index (χ1) is 16.4. The van der Waals surface area contributed by atoms with Crippen LogP contribution in [0.2, 0.25) is 10.0 Å². The van der Waals surface area contributed by atoms with Crippen molar-refractivity contribution in [2.45, 2.75) is 32.9 Å². The van der Waals surface area contributed by atoms with Crippen LogP contribution in [0.5, 0.6) is 0 Å². The summed E-state index contributed by atoms with van der Waals surface area (Å²) in [7, 11) is 0. The van der Waals surface area contributed by atoms with Gasteiger partial charge in [-0.15, -0.1) is 0 Å². The van der Waals surface area contributed by atoms with E-state index < -0.39 is 0 Å². The van der Waals surface area contributed by atoms with Gasteiger partial charge in [-0.05, 0) is 86.6 Å². The molecular weight excluding hydrogens is 483 g/mol. The molecule has 2 aromatic carbocycles. The highest BCUT2D eigenvalue weighted by Crippen LogP contribution is 2.44. The van der Waals surface area contributed by atoms with Crippen LogP contribution in [0.4, 0.5) is 5.69 Å². The molecule has 2 aromatic heterocycles. The predicted molar refractivity (Wildman–Crippen MR) is 144 cm³/mol. The van der Waals surface area contributed by atoms with Gasteiger partial charge in [0.1, 0.15) is 0 Å². The van der Waals surface area contributed by atoms with Gasteiger partial charge in [-0.25, -0.2) is 0 Å². The highest BCUT2D eigenvalue weighted by atomic mass is 35.5. The number of nitrogens with zero attached hydrogens (tertiary/aromatic N) is 3. The number of aromatic nitrogens is 2. The summed E-state index contributed by atoms with van der Waals surface area (Å²) in [6, 6.07) is 22.1. The largest absolute Gasteiger partial charge is 0.351 e. The Balaban J connectivity index is 1.71. The minimum absolute atomic E-state index is 0.0953. The molecule has 7 heteroatoms. The predicted octanol–water partition coefficient (Wildman–Crippen LogP) is 7.28. The Hall–Kier alpha value is -2.86. The van der Waals surface area contributed by atoms with Gasteiger partial charge in [0.05, 0.1) is 33.5 Å². The molecule has 0 saturated carbocycles. The van der Waals surface area contributed by atoms with E-state index in [4.69, 9.17) is 35.4 Å². The molecule has 1 fully saturated rings. The molecule has 5 rings (SSSR count). The first-order valence-electron chi connectivity index (χ1n) is 11.1. The first kappa shape index (κ1) is 22.9. The van der Waals surface area contributed by atoms with E-state index in [0.29, 0.717) is 15.2 Å². The number of aryl methyl sites for hydroxylation is 2. The SMILES string of the molecule is Cc1cccc(N2C(=S)N[C@@H](c3ccccn3)[C@@H]2c2cc(C)n(-c3cccc(Cl)c3Cl)c2C)c1. The summed E-state index contributed by atoms with van der Waals surface area (Å²) in [6.07, 6.45) is 1.82. The summed E-state index contributed by atoms with van der Waals surface area (Å²) in [6.45, 7) is 6.29. The van der Waals surface area contributed by atoms with Crippen LogP contribution in [0.3, 0.4) is 0 Å². The molecule has 0 radical (unpaired) electrons. The topological polar surface area (TPSA) is 33.1 Å². The molecular formula is C27H24Cl2N4S. The van der Waals surface area contributed by atoms with Crippen LogP contribution < -0.4 is 10.2 Å². The van der Waals surface area contributed by atoms with Gasteiger partial charge in [0.25, 0.3) is 0 Å². The zero-order valence-electron chi connectivity index (χ0n) is 19.1. The lowest BCUT2D eigenvalue weighted by Crippen LogP contribution is -2.29. The van der Waals surface area contributed by atoms with E-state index in [1.54, 1.807) is 6.07 Å². The molecule has 0 aliphatic carbocycles. The third-order valence-corrected chi connectivity index (χ3v) is 7.46. The maximum atomic E-state index is 6.62. The van der Waals surface area contributed by atoms with E-state index in [1.807, 2.05) is 36.5 Å². The summed E-state index contributed by atoms with van der Waals surface area (Å²) < 4.78 is 2.16. The Bertz CT molecular complexity index is 1380. The second kappa shape index (κ2) is 9.06. The zero-order valence-corrected chi connectivity index (χ0v) is 21.4. The molecule has 0 bridgehead atoms. The Morgan fingerprint density at radius 3 is 2.47 bits per heavy atom. The lowest BCUT2D eigenvalue weighted by molar-refractivity contribution is 0.565. The minimum Gasteiger partial charge on any atom is -0.351 e. The van der Waals surface area contributed by atoms with Crippen LogP contribution in [0.15, 0.2) is 72.9 Å². The molecule has 4 aromatic rings. The van der Waals surface area contributed by atoms with Crippen LogP contribution in [0.25, 0.3) is 5.69 Å². The molecule has 1 aliphatic heterocycles. The second-order valence-electron chi connectivity index (χ2n) is 8.57. The smallest absolute Gasteiger partial charge is 0.174 e. The molecule has 1 saturated heterocycles. The van der Waals surface area contributed by atoms with Gasteiger partial charge in [0, 0.05) is 23.3 Å². The summed E-state index contributed by atoms with van der Waals surface area (Å²) in [5, 5.41) is 5.29. The van der Waals surface area contributed by atoms with Crippen molar-refractivity contribution in [1.29, 1.82) is 0 Å². The maximum Gasteiger partial charge on any atom is 0.174 e. The van der Waals surface area contributed by atoms with Crippen molar-refractivity contribution >= 4 is 46.2 Å². The number of pyridine rings is 1. The fourth-order valence-corrected chi connectivity index (χ4v) is 5.58. The second-order valence-corrected chi connectivity index (χ2v) is 9.74. The van der Waals surface area contributed by atoms with Crippen molar-refractivity contribution in [1.82, 2.24) is 14.9 Å². The lowest BCUT2D eigenvalue weighted by atomic mass is 9.96. The zero-order chi connectivity index (χ0) is 24.0. The Labute approximate surface area is 215 Å². The van der Waals surface area contributed by atoms with Gasteiger partial charge in [0.2, 0.25) is 0 Å². The van der Waals surface area contributed by atoms with Crippen molar-refractivity contribution in [3.63, 3.8) is 0 Å². The quantitative estimate of drug-likeness (QED) is 0.294. The molecule has 4 nitrogen and oxygen atoms in total. The maximum absolute atomic E-state index is 6.62. The lowest BCUT2D eigenvalue weighted by Gasteiger charge is -2.28. The summed E-state index contributed by atoms with van der Waals surface area (Å²) in [5.41, 5.74) is 7.33. The van der Waals surface area contributed by atoms with Crippen LogP contribution in [0.1, 0.15) is 40.3 Å². The van der Waals surface area contributed by atoms with Crippen LogP contribution in [-0.2, 0) is 0 Å². The number of benzene rings is 2. The first-order valence-corrected chi connectivity index (χ1v) is 12.2. The molecule has 3 heterocycles. The van der Waals surface area contributed by atoms with Gasteiger partial charge in [0.15, 0.2) is 5.11 Å². The highest BCUT2D eigenvalue weighted by Gasteiger charge is 2.42. The number of nitrogens with one attached hydrogen (secondary N) is 1. The number of hydrogen-bond donors (Lipinski definition) is 1. The Kier molecular flexibility index (Phi) is 6.11. The third kappa shape index (κ3) is 3.88. The minimum atomic E-state index is -0.113. The van der Waals surface area contributed by atoms with E-state index >= 15 is 0 Å². The standard InChI is InChI=1S/C27H24Cl2N4S/c1-16-8-6-9-19(14-16)33-26(25(31-27(33)34)22-11-4-5-13-30-22)20-15-17(2)32(18(20)3)23-12-7-10-21(28)24(23)29/h4-15,25-26H,1-3H3,(H,31,34)/t25-,26-/m0/s1. The van der Waals surface area contributed by atoms with Gasteiger partial charge in [-0.3, -0.25) is 4.98 Å². The summed E-state index contributed by atoms with van der Waals surface area (Å²) in [4.78, 5) is 6.87. The van der Waals surface area contributed by atoms with Crippen LogP contribution in [0, 0.1) is 20.8 Å². The van der Waals surface area contributed by atoms with Gasteiger partial charge in [-0.2, -0.15) is 0 Å². The molecule has 172 valence electrons. The highest BCUT2D eigenvalue weighted by molar-refractivity contribution is 7.80. The number of rotatable bonds is 4. The van der Waals surface area contributed by atoms with E-state index in [2.05, 4.69) is 70.9 Å². The molecule has 1 aliphatic rings. The summed E-state index contributed by atoms with van der Waals surface area (Å²) in [5.74, 6) is 0. The van der Waals surface area contributed by atoms with Crippen molar-refractivity contribution < 1.29 is 0 Å². The van der Waals surface area contributed by atoms with E-state index in [-0.39, 0.29) is 12.1 Å². The van der Waals surface area contributed by atoms with Crippen molar-refractivity contribution in [3.05, 3.63) is 111 Å². The van der Waals surface area contributed by atoms with Crippen molar-refractivity contribution in [2.24, 2.45) is 0 Å².